The second-order valence-electron chi connectivity index (χ2n) is 7.65. The molecule has 1 saturated heterocycles. The van der Waals surface area contributed by atoms with E-state index >= 15 is 0 Å². The van der Waals surface area contributed by atoms with E-state index in [1.807, 2.05) is 24.3 Å². The van der Waals surface area contributed by atoms with Crippen LogP contribution in [0, 0.1) is 5.82 Å². The van der Waals surface area contributed by atoms with Crippen molar-refractivity contribution in [3.63, 3.8) is 0 Å². The van der Waals surface area contributed by atoms with Crippen molar-refractivity contribution in [2.75, 3.05) is 13.1 Å². The number of carbonyl (C=O) groups is 1. The number of amides is 1. The molecular weight excluding hydrogens is 353 g/mol. The zero-order valence-electron chi connectivity index (χ0n) is 16.1. The third kappa shape index (κ3) is 3.54. The molecule has 1 fully saturated rings. The third-order valence-corrected chi connectivity index (χ3v) is 6.05. The van der Waals surface area contributed by atoms with Gasteiger partial charge in [-0.05, 0) is 79.7 Å². The highest BCUT2D eigenvalue weighted by Crippen LogP contribution is 2.36. The van der Waals surface area contributed by atoms with Crippen molar-refractivity contribution in [3.05, 3.63) is 71.2 Å². The SMILES string of the molecule is CCC(c1ccc(F)cc1)N1CCC(c2c[nH]c3ccc(C(N)=O)cc23)CC1. The van der Waals surface area contributed by atoms with E-state index in [0.29, 0.717) is 17.5 Å². The van der Waals surface area contributed by atoms with Crippen molar-refractivity contribution in [1.82, 2.24) is 9.88 Å². The quantitative estimate of drug-likeness (QED) is 0.673. The van der Waals surface area contributed by atoms with E-state index in [0.717, 1.165) is 43.3 Å². The fourth-order valence-electron chi connectivity index (χ4n) is 4.55. The van der Waals surface area contributed by atoms with Crippen molar-refractivity contribution in [1.29, 1.82) is 0 Å². The molecule has 1 amide bonds. The molecule has 3 N–H and O–H groups in total. The highest BCUT2D eigenvalue weighted by molar-refractivity contribution is 5.97. The molecule has 0 radical (unpaired) electrons. The third-order valence-electron chi connectivity index (χ3n) is 6.05. The Morgan fingerprint density at radius 3 is 2.57 bits per heavy atom. The predicted molar refractivity (Wildman–Crippen MR) is 110 cm³/mol. The maximum atomic E-state index is 13.3. The number of likely N-dealkylation sites (tertiary alicyclic amines) is 1. The molecule has 4 rings (SSSR count). The van der Waals surface area contributed by atoms with Gasteiger partial charge in [0, 0.05) is 28.7 Å². The summed E-state index contributed by atoms with van der Waals surface area (Å²) in [4.78, 5) is 17.4. The van der Waals surface area contributed by atoms with Crippen molar-refractivity contribution < 1.29 is 9.18 Å². The van der Waals surface area contributed by atoms with Gasteiger partial charge in [0.1, 0.15) is 5.82 Å². The number of carbonyl (C=O) groups excluding carboxylic acids is 1. The minimum absolute atomic E-state index is 0.188. The largest absolute Gasteiger partial charge is 0.366 e. The number of nitrogens with two attached hydrogens (primary N) is 1. The van der Waals surface area contributed by atoms with E-state index in [2.05, 4.69) is 23.0 Å². The van der Waals surface area contributed by atoms with Crippen LogP contribution in [0.1, 0.15) is 59.6 Å². The number of fused-ring (bicyclic) bond motifs is 1. The maximum absolute atomic E-state index is 13.3. The molecule has 2 heterocycles. The van der Waals surface area contributed by atoms with Crippen LogP contribution < -0.4 is 5.73 Å². The monoisotopic (exact) mass is 379 g/mol. The van der Waals surface area contributed by atoms with Gasteiger partial charge in [0.05, 0.1) is 0 Å². The highest BCUT2D eigenvalue weighted by Gasteiger charge is 2.27. The molecule has 1 aromatic heterocycles. The van der Waals surface area contributed by atoms with Gasteiger partial charge in [0.15, 0.2) is 0 Å². The van der Waals surface area contributed by atoms with E-state index < -0.39 is 5.91 Å². The Hall–Kier alpha value is -2.66. The Balaban J connectivity index is 1.51. The van der Waals surface area contributed by atoms with E-state index in [1.165, 1.54) is 11.1 Å². The molecule has 1 atom stereocenters. The minimum atomic E-state index is -0.394. The van der Waals surface area contributed by atoms with E-state index in [-0.39, 0.29) is 5.82 Å². The normalized spacial score (nSPS) is 17.1. The molecule has 0 saturated carbocycles. The second kappa shape index (κ2) is 7.76. The van der Waals surface area contributed by atoms with Gasteiger partial charge in [-0.15, -0.1) is 0 Å². The Morgan fingerprint density at radius 1 is 1.21 bits per heavy atom. The van der Waals surface area contributed by atoms with E-state index in [4.69, 9.17) is 5.73 Å². The number of primary amides is 1. The van der Waals surface area contributed by atoms with Crippen molar-refractivity contribution in [3.8, 4) is 0 Å². The molecule has 5 heteroatoms. The fourth-order valence-corrected chi connectivity index (χ4v) is 4.55. The lowest BCUT2D eigenvalue weighted by Gasteiger charge is -2.37. The number of piperidine rings is 1. The Labute approximate surface area is 164 Å². The van der Waals surface area contributed by atoms with Crippen LogP contribution in [0.2, 0.25) is 0 Å². The molecule has 3 aromatic rings. The molecule has 0 spiro atoms. The summed E-state index contributed by atoms with van der Waals surface area (Å²) in [5.41, 5.74) is 9.50. The number of hydrogen-bond donors (Lipinski definition) is 2. The number of nitrogens with zero attached hydrogens (tertiary/aromatic N) is 1. The van der Waals surface area contributed by atoms with Gasteiger partial charge in [-0.3, -0.25) is 9.69 Å². The van der Waals surface area contributed by atoms with Gasteiger partial charge < -0.3 is 10.7 Å². The number of nitrogens with one attached hydrogen (secondary N) is 1. The first kappa shape index (κ1) is 18.7. The molecule has 28 heavy (non-hydrogen) atoms. The molecular formula is C23H26FN3O. The van der Waals surface area contributed by atoms with Crippen LogP contribution >= 0.6 is 0 Å². The molecule has 1 unspecified atom stereocenters. The summed E-state index contributed by atoms with van der Waals surface area (Å²) in [6, 6.07) is 12.8. The number of H-pyrrole nitrogens is 1. The van der Waals surface area contributed by atoms with E-state index in [1.54, 1.807) is 18.2 Å². The number of rotatable bonds is 5. The smallest absolute Gasteiger partial charge is 0.248 e. The van der Waals surface area contributed by atoms with Gasteiger partial charge in [0.2, 0.25) is 5.91 Å². The topological polar surface area (TPSA) is 62.1 Å². The number of aromatic nitrogens is 1. The zero-order valence-corrected chi connectivity index (χ0v) is 16.1. The van der Waals surface area contributed by atoms with Crippen LogP contribution in [0.4, 0.5) is 4.39 Å². The van der Waals surface area contributed by atoms with Crippen LogP contribution in [-0.4, -0.2) is 28.9 Å². The maximum Gasteiger partial charge on any atom is 0.248 e. The standard InChI is InChI=1S/C23H26FN3O/c1-2-22(16-3-6-18(24)7-4-16)27-11-9-15(10-12-27)20-14-26-21-8-5-17(23(25)28)13-19(20)21/h3-8,13-15,22,26H,2,9-12H2,1H3,(H2,25,28). The first-order chi connectivity index (χ1) is 13.6. The molecule has 0 aliphatic carbocycles. The van der Waals surface area contributed by atoms with Crippen LogP contribution in [0.3, 0.4) is 0 Å². The first-order valence-corrected chi connectivity index (χ1v) is 9.97. The van der Waals surface area contributed by atoms with Crippen LogP contribution in [0.5, 0.6) is 0 Å². The Morgan fingerprint density at radius 2 is 1.93 bits per heavy atom. The molecule has 1 aliphatic rings. The Bertz CT molecular complexity index is 971. The van der Waals surface area contributed by atoms with Crippen LogP contribution in [-0.2, 0) is 0 Å². The number of benzene rings is 2. The molecule has 4 nitrogen and oxygen atoms in total. The van der Waals surface area contributed by atoms with Crippen molar-refractivity contribution in [2.24, 2.45) is 5.73 Å². The fraction of sp³-hybridized carbons (Fsp3) is 0.348. The van der Waals surface area contributed by atoms with Gasteiger partial charge in [-0.2, -0.15) is 0 Å². The molecule has 146 valence electrons. The van der Waals surface area contributed by atoms with Crippen molar-refractivity contribution >= 4 is 16.8 Å². The summed E-state index contributed by atoms with van der Waals surface area (Å²) in [5.74, 6) is -0.125. The zero-order chi connectivity index (χ0) is 19.7. The molecule has 1 aliphatic heterocycles. The first-order valence-electron chi connectivity index (χ1n) is 9.97. The van der Waals surface area contributed by atoms with Gasteiger partial charge in [-0.25, -0.2) is 4.39 Å². The van der Waals surface area contributed by atoms with Gasteiger partial charge in [0.25, 0.3) is 0 Å². The summed E-state index contributed by atoms with van der Waals surface area (Å²) in [5, 5.41) is 1.10. The van der Waals surface area contributed by atoms with Crippen LogP contribution in [0.25, 0.3) is 10.9 Å². The minimum Gasteiger partial charge on any atom is -0.366 e. The van der Waals surface area contributed by atoms with Crippen LogP contribution in [0.15, 0.2) is 48.7 Å². The lowest BCUT2D eigenvalue weighted by atomic mass is 9.87. The summed E-state index contributed by atoms with van der Waals surface area (Å²) in [7, 11) is 0. The molecule has 0 bridgehead atoms. The summed E-state index contributed by atoms with van der Waals surface area (Å²) < 4.78 is 13.3. The lowest BCUT2D eigenvalue weighted by Crippen LogP contribution is -2.36. The number of halogens is 1. The van der Waals surface area contributed by atoms with Crippen molar-refractivity contribution in [2.45, 2.75) is 38.1 Å². The Kier molecular flexibility index (Phi) is 5.18. The number of hydrogen-bond acceptors (Lipinski definition) is 2. The summed E-state index contributed by atoms with van der Waals surface area (Å²) in [6.07, 6.45) is 5.20. The number of aromatic amines is 1. The average Bonchev–Trinajstić information content (AvgIpc) is 3.14. The highest BCUT2D eigenvalue weighted by atomic mass is 19.1. The summed E-state index contributed by atoms with van der Waals surface area (Å²) in [6.45, 7) is 4.19. The predicted octanol–water partition coefficient (Wildman–Crippen LogP) is 4.74. The van der Waals surface area contributed by atoms with E-state index in [9.17, 15) is 9.18 Å². The van der Waals surface area contributed by atoms with Gasteiger partial charge >= 0.3 is 0 Å². The lowest BCUT2D eigenvalue weighted by molar-refractivity contribution is 0.100. The molecule has 2 aromatic carbocycles. The van der Waals surface area contributed by atoms with Gasteiger partial charge in [-0.1, -0.05) is 19.1 Å². The average molecular weight is 379 g/mol. The second-order valence-corrected chi connectivity index (χ2v) is 7.65. The summed E-state index contributed by atoms with van der Waals surface area (Å²) >= 11 is 0.